The third kappa shape index (κ3) is 4.08. The van der Waals surface area contributed by atoms with E-state index in [-0.39, 0.29) is 5.97 Å². The van der Waals surface area contributed by atoms with Gasteiger partial charge in [0.05, 0.1) is 13.5 Å². The minimum Gasteiger partial charge on any atom is -0.469 e. The number of carbonyl (C=O) groups is 1. The predicted molar refractivity (Wildman–Crippen MR) is 73.3 cm³/mol. The largest absolute Gasteiger partial charge is 0.469 e. The lowest BCUT2D eigenvalue weighted by Gasteiger charge is -2.10. The van der Waals surface area contributed by atoms with Crippen LogP contribution < -0.4 is 10.6 Å². The highest BCUT2D eigenvalue weighted by Gasteiger charge is 2.27. The Bertz CT molecular complexity index is 446. The molecule has 1 aromatic heterocycles. The number of anilines is 2. The molecule has 19 heavy (non-hydrogen) atoms. The zero-order valence-corrected chi connectivity index (χ0v) is 11.4. The number of aromatic nitrogens is 2. The molecular weight excluding hydrogens is 244 g/mol. The monoisotopic (exact) mass is 264 g/mol. The second kappa shape index (κ2) is 6.36. The molecule has 0 aliphatic heterocycles. The van der Waals surface area contributed by atoms with E-state index in [1.54, 1.807) is 0 Å². The van der Waals surface area contributed by atoms with Gasteiger partial charge in [-0.2, -0.15) is 0 Å². The molecule has 104 valence electrons. The van der Waals surface area contributed by atoms with Gasteiger partial charge in [-0.1, -0.05) is 0 Å². The zero-order valence-electron chi connectivity index (χ0n) is 11.4. The molecule has 0 atom stereocenters. The number of carbonyl (C=O) groups excluding carboxylic acids is 1. The molecule has 0 saturated heterocycles. The molecule has 1 aliphatic rings. The Kier molecular flexibility index (Phi) is 4.54. The first-order valence-corrected chi connectivity index (χ1v) is 6.66. The van der Waals surface area contributed by atoms with Crippen LogP contribution in [0, 0.1) is 0 Å². The van der Waals surface area contributed by atoms with Crippen molar-refractivity contribution < 1.29 is 9.53 Å². The second-order valence-electron chi connectivity index (χ2n) is 4.55. The van der Waals surface area contributed by atoms with E-state index < -0.39 is 0 Å². The van der Waals surface area contributed by atoms with Crippen LogP contribution in [0.25, 0.3) is 0 Å². The summed E-state index contributed by atoms with van der Waals surface area (Å²) < 4.78 is 4.60. The average Bonchev–Trinajstić information content (AvgIpc) is 3.23. The molecule has 1 aliphatic carbocycles. The van der Waals surface area contributed by atoms with E-state index in [2.05, 4.69) is 25.3 Å². The van der Waals surface area contributed by atoms with Crippen LogP contribution in [0.4, 0.5) is 11.6 Å². The van der Waals surface area contributed by atoms with Gasteiger partial charge >= 0.3 is 5.97 Å². The van der Waals surface area contributed by atoms with Crippen LogP contribution in [0.1, 0.15) is 37.9 Å². The number of hydrogen-bond donors (Lipinski definition) is 2. The van der Waals surface area contributed by atoms with Crippen LogP contribution in [0.3, 0.4) is 0 Å². The number of methoxy groups -OCH3 is 1. The number of esters is 1. The number of rotatable bonds is 7. The fraction of sp³-hybridized carbons (Fsp3) is 0.615. The Balaban J connectivity index is 1.99. The lowest BCUT2D eigenvalue weighted by molar-refractivity contribution is -0.140. The van der Waals surface area contributed by atoms with Gasteiger partial charge in [0.2, 0.25) is 0 Å². The van der Waals surface area contributed by atoms with Crippen LogP contribution in [0.15, 0.2) is 6.07 Å². The lowest BCUT2D eigenvalue weighted by Crippen LogP contribution is -2.12. The molecule has 0 radical (unpaired) electrons. The van der Waals surface area contributed by atoms with Crippen molar-refractivity contribution in [2.24, 2.45) is 0 Å². The first kappa shape index (κ1) is 13.6. The average molecular weight is 264 g/mol. The minimum atomic E-state index is -0.226. The van der Waals surface area contributed by atoms with Gasteiger partial charge in [-0.3, -0.25) is 4.79 Å². The zero-order chi connectivity index (χ0) is 13.7. The quantitative estimate of drug-likeness (QED) is 0.731. The molecule has 1 heterocycles. The Hall–Kier alpha value is -1.85. The number of hydrogen-bond acceptors (Lipinski definition) is 6. The van der Waals surface area contributed by atoms with E-state index in [9.17, 15) is 4.79 Å². The van der Waals surface area contributed by atoms with Gasteiger partial charge in [-0.05, 0) is 19.8 Å². The summed E-state index contributed by atoms with van der Waals surface area (Å²) in [5, 5.41) is 6.34. The highest BCUT2D eigenvalue weighted by Crippen LogP contribution is 2.38. The molecule has 0 spiro atoms. The van der Waals surface area contributed by atoms with Crippen LogP contribution in [-0.4, -0.2) is 36.1 Å². The number of ether oxygens (including phenoxy) is 1. The smallest absolute Gasteiger partial charge is 0.307 e. The number of nitrogens with one attached hydrogen (secondary N) is 2. The van der Waals surface area contributed by atoms with Crippen molar-refractivity contribution in [1.82, 2.24) is 9.97 Å². The van der Waals surface area contributed by atoms with E-state index in [1.165, 1.54) is 7.11 Å². The van der Waals surface area contributed by atoms with E-state index in [4.69, 9.17) is 0 Å². The van der Waals surface area contributed by atoms with Gasteiger partial charge in [0.15, 0.2) is 0 Å². The van der Waals surface area contributed by atoms with Crippen LogP contribution >= 0.6 is 0 Å². The van der Waals surface area contributed by atoms with Crippen LogP contribution in [0.5, 0.6) is 0 Å². The molecule has 1 fully saturated rings. The van der Waals surface area contributed by atoms with Crippen molar-refractivity contribution in [2.45, 2.75) is 32.1 Å². The maximum atomic E-state index is 11.0. The van der Waals surface area contributed by atoms with Crippen molar-refractivity contribution >= 4 is 17.6 Å². The molecule has 2 N–H and O–H groups in total. The summed E-state index contributed by atoms with van der Waals surface area (Å²) in [4.78, 5) is 20.0. The van der Waals surface area contributed by atoms with Crippen molar-refractivity contribution in [3.05, 3.63) is 11.9 Å². The minimum absolute atomic E-state index is 0.226. The molecule has 6 heteroatoms. The normalized spacial score (nSPS) is 14.0. The summed E-state index contributed by atoms with van der Waals surface area (Å²) in [5.74, 6) is 2.76. The van der Waals surface area contributed by atoms with Gasteiger partial charge in [0.25, 0.3) is 0 Å². The van der Waals surface area contributed by atoms with Crippen LogP contribution in [0.2, 0.25) is 0 Å². The molecule has 6 nitrogen and oxygen atoms in total. The Morgan fingerprint density at radius 2 is 2.05 bits per heavy atom. The molecular formula is C13H20N4O2. The molecule has 0 amide bonds. The summed E-state index contributed by atoms with van der Waals surface area (Å²) >= 11 is 0. The lowest BCUT2D eigenvalue weighted by atomic mass is 10.3. The Labute approximate surface area is 113 Å². The highest BCUT2D eigenvalue weighted by molar-refractivity contribution is 5.69. The van der Waals surface area contributed by atoms with Gasteiger partial charge in [0, 0.05) is 25.1 Å². The van der Waals surface area contributed by atoms with E-state index in [1.807, 2.05) is 13.0 Å². The summed E-state index contributed by atoms with van der Waals surface area (Å²) in [7, 11) is 1.39. The summed E-state index contributed by atoms with van der Waals surface area (Å²) in [6.45, 7) is 3.37. The van der Waals surface area contributed by atoms with E-state index in [0.29, 0.717) is 18.9 Å². The SMILES string of the molecule is CCNc1cc(NCCC(=O)OC)nc(C2CC2)n1. The van der Waals surface area contributed by atoms with Gasteiger partial charge in [-0.15, -0.1) is 0 Å². The molecule has 0 bridgehead atoms. The predicted octanol–water partition coefficient (Wildman–Crippen LogP) is 1.76. The number of nitrogens with zero attached hydrogens (tertiary/aromatic N) is 2. The molecule has 0 unspecified atom stereocenters. The van der Waals surface area contributed by atoms with E-state index in [0.717, 1.165) is 36.8 Å². The maximum absolute atomic E-state index is 11.0. The van der Waals surface area contributed by atoms with Crippen molar-refractivity contribution in [2.75, 3.05) is 30.8 Å². The summed E-state index contributed by atoms with van der Waals surface area (Å²) in [6.07, 6.45) is 2.66. The third-order valence-electron chi connectivity index (χ3n) is 2.91. The van der Waals surface area contributed by atoms with E-state index >= 15 is 0 Å². The molecule has 1 aromatic rings. The summed E-state index contributed by atoms with van der Waals surface area (Å²) in [6, 6.07) is 1.87. The highest BCUT2D eigenvalue weighted by atomic mass is 16.5. The standard InChI is InChI=1S/C13H20N4O2/c1-3-14-10-8-11(15-7-6-12(18)19-2)17-13(16-10)9-4-5-9/h8-9H,3-7H2,1-2H3,(H2,14,15,16,17). The molecule has 1 saturated carbocycles. The maximum Gasteiger partial charge on any atom is 0.307 e. The first-order chi connectivity index (χ1) is 9.22. The summed E-state index contributed by atoms with van der Waals surface area (Å²) in [5.41, 5.74) is 0. The van der Waals surface area contributed by atoms with Gasteiger partial charge < -0.3 is 15.4 Å². The third-order valence-corrected chi connectivity index (χ3v) is 2.91. The second-order valence-corrected chi connectivity index (χ2v) is 4.55. The van der Waals surface area contributed by atoms with Crippen LogP contribution in [-0.2, 0) is 9.53 Å². The Morgan fingerprint density at radius 3 is 2.63 bits per heavy atom. The first-order valence-electron chi connectivity index (χ1n) is 6.66. The fourth-order valence-corrected chi connectivity index (χ4v) is 1.75. The topological polar surface area (TPSA) is 76.1 Å². The van der Waals surface area contributed by atoms with Crippen molar-refractivity contribution in [3.8, 4) is 0 Å². The van der Waals surface area contributed by atoms with Gasteiger partial charge in [0.1, 0.15) is 17.5 Å². The molecule has 2 rings (SSSR count). The molecule has 0 aromatic carbocycles. The fourth-order valence-electron chi connectivity index (χ4n) is 1.75. The van der Waals surface area contributed by atoms with Gasteiger partial charge in [-0.25, -0.2) is 9.97 Å². The van der Waals surface area contributed by atoms with Crippen molar-refractivity contribution in [1.29, 1.82) is 0 Å². The Morgan fingerprint density at radius 1 is 1.37 bits per heavy atom. The van der Waals surface area contributed by atoms with Crippen molar-refractivity contribution in [3.63, 3.8) is 0 Å².